The highest BCUT2D eigenvalue weighted by Crippen LogP contribution is 2.25. The molecule has 0 spiro atoms. The summed E-state index contributed by atoms with van der Waals surface area (Å²) < 4.78 is 5.14. The van der Waals surface area contributed by atoms with Crippen LogP contribution in [0.4, 0.5) is 5.69 Å². The normalized spacial score (nSPS) is 9.85. The molecule has 3 nitrogen and oxygen atoms in total. The molecule has 0 unspecified atom stereocenters. The smallest absolute Gasteiger partial charge is 0.136 e. The molecule has 1 N–H and O–H groups in total. The van der Waals surface area contributed by atoms with E-state index in [0.29, 0.717) is 17.9 Å². The fourth-order valence-electron chi connectivity index (χ4n) is 1.94. The minimum absolute atomic E-state index is 0.560. The summed E-state index contributed by atoms with van der Waals surface area (Å²) in [5, 5.41) is 12.5. The number of rotatable bonds is 5. The lowest BCUT2D eigenvalue weighted by Gasteiger charge is -2.11. The number of nitriles is 1. The van der Waals surface area contributed by atoms with Crippen LogP contribution in [0.25, 0.3) is 0 Å². The van der Waals surface area contributed by atoms with Crippen molar-refractivity contribution in [2.24, 2.45) is 0 Å². The number of nitrogens with zero attached hydrogens (tertiary/aromatic N) is 1. The van der Waals surface area contributed by atoms with Crippen LogP contribution < -0.4 is 10.1 Å². The van der Waals surface area contributed by atoms with E-state index in [9.17, 15) is 0 Å². The maximum absolute atomic E-state index is 9.09. The Morgan fingerprint density at radius 3 is 2.75 bits per heavy atom. The average molecular weight is 284 g/mol. The first kappa shape index (κ1) is 14.3. The van der Waals surface area contributed by atoms with Crippen molar-refractivity contribution in [3.63, 3.8) is 0 Å². The van der Waals surface area contributed by atoms with Gasteiger partial charge in [-0.15, -0.1) is 11.8 Å². The molecule has 0 aliphatic carbocycles. The molecule has 2 rings (SSSR count). The van der Waals surface area contributed by atoms with Crippen molar-refractivity contribution in [3.05, 3.63) is 53.6 Å². The SMILES string of the molecule is COc1ccc(CNc2ccccc2SC)cc1C#N. The first-order chi connectivity index (χ1) is 9.78. The molecule has 0 saturated carbocycles. The summed E-state index contributed by atoms with van der Waals surface area (Å²) in [6, 6.07) is 16.0. The van der Waals surface area contributed by atoms with E-state index >= 15 is 0 Å². The molecular formula is C16H16N2OS. The van der Waals surface area contributed by atoms with Gasteiger partial charge >= 0.3 is 0 Å². The summed E-state index contributed by atoms with van der Waals surface area (Å²) >= 11 is 1.71. The zero-order valence-corrected chi connectivity index (χ0v) is 12.3. The summed E-state index contributed by atoms with van der Waals surface area (Å²) in [5.41, 5.74) is 2.72. The molecule has 0 saturated heterocycles. The van der Waals surface area contributed by atoms with Gasteiger partial charge in [-0.2, -0.15) is 5.26 Å². The van der Waals surface area contributed by atoms with Crippen LogP contribution in [0, 0.1) is 11.3 Å². The first-order valence-corrected chi connectivity index (χ1v) is 7.45. The fraction of sp³-hybridized carbons (Fsp3) is 0.188. The summed E-state index contributed by atoms with van der Waals surface area (Å²) in [7, 11) is 1.57. The molecule has 0 heterocycles. The lowest BCUT2D eigenvalue weighted by molar-refractivity contribution is 0.413. The van der Waals surface area contributed by atoms with E-state index < -0.39 is 0 Å². The Morgan fingerprint density at radius 1 is 1.25 bits per heavy atom. The average Bonchev–Trinajstić information content (AvgIpc) is 2.52. The van der Waals surface area contributed by atoms with Gasteiger partial charge in [0.15, 0.2) is 0 Å². The fourth-order valence-corrected chi connectivity index (χ4v) is 2.52. The molecule has 20 heavy (non-hydrogen) atoms. The van der Waals surface area contributed by atoms with Gasteiger partial charge in [0.05, 0.1) is 12.7 Å². The van der Waals surface area contributed by atoms with Crippen molar-refractivity contribution in [1.29, 1.82) is 5.26 Å². The Balaban J connectivity index is 2.13. The lowest BCUT2D eigenvalue weighted by atomic mass is 10.1. The van der Waals surface area contributed by atoms with Crippen LogP contribution in [0.15, 0.2) is 47.4 Å². The Hall–Kier alpha value is -2.12. The zero-order valence-electron chi connectivity index (χ0n) is 11.5. The van der Waals surface area contributed by atoms with Crippen molar-refractivity contribution in [1.82, 2.24) is 0 Å². The summed E-state index contributed by atoms with van der Waals surface area (Å²) in [4.78, 5) is 1.21. The Labute approximate surface area is 123 Å². The van der Waals surface area contributed by atoms with Crippen molar-refractivity contribution < 1.29 is 4.74 Å². The topological polar surface area (TPSA) is 45.0 Å². The number of hydrogen-bond acceptors (Lipinski definition) is 4. The Bertz CT molecular complexity index is 635. The number of ether oxygens (including phenoxy) is 1. The molecular weight excluding hydrogens is 268 g/mol. The Morgan fingerprint density at radius 2 is 2.05 bits per heavy atom. The predicted molar refractivity (Wildman–Crippen MR) is 83.3 cm³/mol. The molecule has 0 bridgehead atoms. The number of methoxy groups -OCH3 is 1. The van der Waals surface area contributed by atoms with Gasteiger partial charge in [0.2, 0.25) is 0 Å². The van der Waals surface area contributed by atoms with Crippen LogP contribution in [0.2, 0.25) is 0 Å². The highest BCUT2D eigenvalue weighted by atomic mass is 32.2. The quantitative estimate of drug-likeness (QED) is 0.846. The maximum atomic E-state index is 9.09. The van der Waals surface area contributed by atoms with Crippen molar-refractivity contribution in [2.45, 2.75) is 11.4 Å². The van der Waals surface area contributed by atoms with Crippen molar-refractivity contribution in [2.75, 3.05) is 18.7 Å². The van der Waals surface area contributed by atoms with E-state index in [0.717, 1.165) is 11.3 Å². The van der Waals surface area contributed by atoms with Gasteiger partial charge < -0.3 is 10.1 Å². The molecule has 0 atom stereocenters. The second-order valence-electron chi connectivity index (χ2n) is 4.20. The second-order valence-corrected chi connectivity index (χ2v) is 5.05. The van der Waals surface area contributed by atoms with Gasteiger partial charge in [-0.1, -0.05) is 18.2 Å². The maximum Gasteiger partial charge on any atom is 0.136 e. The molecule has 0 radical (unpaired) electrons. The summed E-state index contributed by atoms with van der Waals surface area (Å²) in [5.74, 6) is 0.612. The molecule has 102 valence electrons. The first-order valence-electron chi connectivity index (χ1n) is 6.22. The van der Waals surface area contributed by atoms with E-state index in [2.05, 4.69) is 29.8 Å². The number of para-hydroxylation sites is 1. The Kier molecular flexibility index (Phi) is 4.91. The van der Waals surface area contributed by atoms with Crippen LogP contribution in [0.5, 0.6) is 5.75 Å². The van der Waals surface area contributed by atoms with Crippen LogP contribution in [-0.4, -0.2) is 13.4 Å². The van der Waals surface area contributed by atoms with Crippen LogP contribution in [-0.2, 0) is 6.54 Å². The number of benzene rings is 2. The highest BCUT2D eigenvalue weighted by Gasteiger charge is 2.04. The van der Waals surface area contributed by atoms with Crippen molar-refractivity contribution >= 4 is 17.4 Å². The molecule has 0 amide bonds. The zero-order chi connectivity index (χ0) is 14.4. The molecule has 4 heteroatoms. The van der Waals surface area contributed by atoms with Gasteiger partial charge in [0, 0.05) is 17.1 Å². The highest BCUT2D eigenvalue weighted by molar-refractivity contribution is 7.98. The minimum Gasteiger partial charge on any atom is -0.495 e. The molecule has 2 aromatic carbocycles. The van der Waals surface area contributed by atoms with E-state index in [1.807, 2.05) is 30.3 Å². The lowest BCUT2D eigenvalue weighted by Crippen LogP contribution is -2.01. The molecule has 0 aliphatic heterocycles. The molecule has 0 fully saturated rings. The second kappa shape index (κ2) is 6.88. The molecule has 0 aliphatic rings. The van der Waals surface area contributed by atoms with E-state index in [1.165, 1.54) is 4.90 Å². The molecule has 0 aromatic heterocycles. The third kappa shape index (κ3) is 3.25. The van der Waals surface area contributed by atoms with E-state index in [1.54, 1.807) is 18.9 Å². The van der Waals surface area contributed by atoms with Crippen LogP contribution >= 0.6 is 11.8 Å². The summed E-state index contributed by atoms with van der Waals surface area (Å²) in [6.45, 7) is 0.677. The standard InChI is InChI=1S/C16H16N2OS/c1-19-15-8-7-12(9-13(15)10-17)11-18-14-5-3-4-6-16(14)20-2/h3-9,18H,11H2,1-2H3. The van der Waals surface area contributed by atoms with Gasteiger partial charge in [0.25, 0.3) is 0 Å². The van der Waals surface area contributed by atoms with Crippen molar-refractivity contribution in [3.8, 4) is 11.8 Å². The predicted octanol–water partition coefficient (Wildman–Crippen LogP) is 3.90. The number of hydrogen-bond donors (Lipinski definition) is 1. The van der Waals surface area contributed by atoms with Gasteiger partial charge in [0.1, 0.15) is 11.8 Å². The largest absolute Gasteiger partial charge is 0.495 e. The third-order valence-corrected chi connectivity index (χ3v) is 3.77. The summed E-state index contributed by atoms with van der Waals surface area (Å²) in [6.07, 6.45) is 2.06. The third-order valence-electron chi connectivity index (χ3n) is 2.97. The van der Waals surface area contributed by atoms with Crippen LogP contribution in [0.3, 0.4) is 0 Å². The number of anilines is 1. The minimum atomic E-state index is 0.560. The van der Waals surface area contributed by atoms with E-state index in [4.69, 9.17) is 10.00 Å². The molecule has 2 aromatic rings. The number of nitrogens with one attached hydrogen (secondary N) is 1. The van der Waals surface area contributed by atoms with Gasteiger partial charge in [-0.05, 0) is 36.1 Å². The van der Waals surface area contributed by atoms with Gasteiger partial charge in [-0.25, -0.2) is 0 Å². The monoisotopic (exact) mass is 284 g/mol. The number of thioether (sulfide) groups is 1. The van der Waals surface area contributed by atoms with Crippen LogP contribution in [0.1, 0.15) is 11.1 Å². The van der Waals surface area contributed by atoms with Gasteiger partial charge in [-0.3, -0.25) is 0 Å². The van der Waals surface area contributed by atoms with E-state index in [-0.39, 0.29) is 0 Å².